The highest BCUT2D eigenvalue weighted by atomic mass is 35.5. The van der Waals surface area contributed by atoms with Crippen LogP contribution < -0.4 is 10.6 Å². The molecular weight excluding hydrogens is 865 g/mol. The Kier molecular flexibility index (Phi) is 12.4. The fourth-order valence-electron chi connectivity index (χ4n) is 11.2. The Labute approximate surface area is 388 Å². The fourth-order valence-corrected chi connectivity index (χ4v) is 11.8. The Balaban J connectivity index is 0.832. The molecule has 9 rings (SSSR count). The normalized spacial score (nSPS) is 21.6. The number of carbonyl (C=O) groups excluding carboxylic acids is 2. The van der Waals surface area contributed by atoms with Crippen LogP contribution in [0, 0.1) is 16.7 Å². The number of aromatic carboxylic acids is 1. The number of benzene rings is 3. The van der Waals surface area contributed by atoms with Crippen molar-refractivity contribution >= 4 is 58.3 Å². The van der Waals surface area contributed by atoms with Gasteiger partial charge in [0, 0.05) is 62.7 Å². The highest BCUT2D eigenvalue weighted by molar-refractivity contribution is 6.40. The van der Waals surface area contributed by atoms with Crippen molar-refractivity contribution in [1.82, 2.24) is 24.0 Å². The van der Waals surface area contributed by atoms with Crippen molar-refractivity contribution in [1.29, 1.82) is 0 Å². The van der Waals surface area contributed by atoms with E-state index in [1.54, 1.807) is 36.4 Å². The number of hydrogen-bond acceptors (Lipinski definition) is 7. The summed E-state index contributed by atoms with van der Waals surface area (Å²) in [6.07, 6.45) is 13.0. The average Bonchev–Trinajstić information content (AvgIpc) is 4.04. The molecular formula is C50H55Cl2N7O6. The van der Waals surface area contributed by atoms with E-state index in [2.05, 4.69) is 15.5 Å². The highest BCUT2D eigenvalue weighted by Crippen LogP contribution is 2.63. The SMILES string of the molecule is Cn1c(C(=O)Nc2cccc(-c3cccc(NC(=O)c4nc5c(n4C)CCN(CCc4ccc(C(=O)O)cc4)C5)c3Cl)c2Cl)nc2c1CCC(CCC13CCC(C(=O)O)(CC1)C3)CCC2. The van der Waals surface area contributed by atoms with Crippen LogP contribution in [0.4, 0.5) is 11.4 Å². The molecule has 2 saturated carbocycles. The van der Waals surface area contributed by atoms with Crippen molar-refractivity contribution < 1.29 is 29.4 Å². The van der Waals surface area contributed by atoms with Crippen molar-refractivity contribution in [3.63, 3.8) is 0 Å². The number of nitrogens with one attached hydrogen (secondary N) is 2. The van der Waals surface area contributed by atoms with Gasteiger partial charge < -0.3 is 30.0 Å². The minimum Gasteiger partial charge on any atom is -0.481 e. The predicted molar refractivity (Wildman–Crippen MR) is 250 cm³/mol. The molecule has 3 aliphatic carbocycles. The molecule has 1 aliphatic heterocycles. The molecule has 4 N–H and O–H groups in total. The maximum Gasteiger partial charge on any atom is 0.335 e. The number of imidazole rings is 2. The molecule has 5 aromatic rings. The third-order valence-electron chi connectivity index (χ3n) is 15.1. The van der Waals surface area contributed by atoms with E-state index >= 15 is 0 Å². The van der Waals surface area contributed by atoms with Crippen LogP contribution in [0.2, 0.25) is 10.0 Å². The van der Waals surface area contributed by atoms with Gasteiger partial charge in [0.2, 0.25) is 0 Å². The van der Waals surface area contributed by atoms with Crippen LogP contribution in [0.3, 0.4) is 0 Å². The van der Waals surface area contributed by atoms with Gasteiger partial charge >= 0.3 is 11.9 Å². The second-order valence-electron chi connectivity index (χ2n) is 18.9. The van der Waals surface area contributed by atoms with Gasteiger partial charge in [-0.3, -0.25) is 19.3 Å². The highest BCUT2D eigenvalue weighted by Gasteiger charge is 2.57. The van der Waals surface area contributed by atoms with Crippen LogP contribution in [-0.2, 0) is 51.1 Å². The van der Waals surface area contributed by atoms with Crippen LogP contribution >= 0.6 is 23.2 Å². The van der Waals surface area contributed by atoms with Gasteiger partial charge in [-0.25, -0.2) is 14.8 Å². The van der Waals surface area contributed by atoms with E-state index in [4.69, 9.17) is 33.2 Å². The number of amides is 2. The van der Waals surface area contributed by atoms with Gasteiger partial charge in [0.05, 0.1) is 43.8 Å². The van der Waals surface area contributed by atoms with Gasteiger partial charge in [-0.05, 0) is 118 Å². The molecule has 0 spiro atoms. The lowest BCUT2D eigenvalue weighted by molar-refractivity contribution is -0.148. The van der Waals surface area contributed by atoms with Crippen molar-refractivity contribution in [2.24, 2.45) is 30.8 Å². The van der Waals surface area contributed by atoms with E-state index in [-0.39, 0.29) is 27.7 Å². The molecule has 2 aromatic heterocycles. The number of aryl methyl sites for hydroxylation is 1. The molecule has 2 bridgehead atoms. The van der Waals surface area contributed by atoms with Gasteiger partial charge in [0.15, 0.2) is 11.6 Å². The van der Waals surface area contributed by atoms with E-state index in [1.165, 1.54) is 0 Å². The van der Waals surface area contributed by atoms with Crippen molar-refractivity contribution in [2.45, 2.75) is 96.4 Å². The number of anilines is 2. The number of hydrogen-bond donors (Lipinski definition) is 4. The molecule has 65 heavy (non-hydrogen) atoms. The monoisotopic (exact) mass is 919 g/mol. The zero-order valence-corrected chi connectivity index (χ0v) is 38.4. The zero-order valence-electron chi connectivity index (χ0n) is 36.9. The Morgan fingerprint density at radius 3 is 1.94 bits per heavy atom. The number of carboxylic acid groups (broad SMARTS) is 2. The standard InChI is InChI=1S/C50H55Cl2N7O6/c1-57-39-17-14-30(18-21-49-22-24-50(29-49,25-23-49)48(64)65)6-3-9-35(39)53-43(57)45(60)55-36-10-4-7-33(41(36)51)34-8-5-11-37(42(34)52)56-46(61)44-54-38-28-59(27-20-40(38)58(44)2)26-19-31-12-15-32(16-13-31)47(62)63/h4-5,7-8,10-13,15-16,30H,3,6,9,14,17-29H2,1-2H3,(H,55,60)(H,56,61)(H,62,63)(H,64,65). The topological polar surface area (TPSA) is 172 Å². The van der Waals surface area contributed by atoms with Gasteiger partial charge in [-0.2, -0.15) is 0 Å². The summed E-state index contributed by atoms with van der Waals surface area (Å²) in [5.74, 6) is -1.15. The lowest BCUT2D eigenvalue weighted by Gasteiger charge is -2.29. The van der Waals surface area contributed by atoms with Gasteiger partial charge in [-0.15, -0.1) is 0 Å². The summed E-state index contributed by atoms with van der Waals surface area (Å²) in [6, 6.07) is 17.6. The van der Waals surface area contributed by atoms with E-state index in [0.717, 1.165) is 131 Å². The Bertz CT molecular complexity index is 2680. The summed E-state index contributed by atoms with van der Waals surface area (Å²) < 4.78 is 3.76. The lowest BCUT2D eigenvalue weighted by Crippen LogP contribution is -2.32. The summed E-state index contributed by atoms with van der Waals surface area (Å²) in [6.45, 7) is 2.17. The first kappa shape index (κ1) is 44.7. The van der Waals surface area contributed by atoms with Crippen LogP contribution in [0.5, 0.6) is 0 Å². The summed E-state index contributed by atoms with van der Waals surface area (Å²) in [5.41, 5.74) is 6.88. The first-order valence-corrected chi connectivity index (χ1v) is 23.6. The molecule has 0 saturated heterocycles. The van der Waals surface area contributed by atoms with Crippen molar-refractivity contribution in [3.8, 4) is 11.1 Å². The Morgan fingerprint density at radius 2 is 1.35 bits per heavy atom. The van der Waals surface area contributed by atoms with Crippen molar-refractivity contribution in [2.75, 3.05) is 23.7 Å². The summed E-state index contributed by atoms with van der Waals surface area (Å²) in [5, 5.41) is 25.6. The summed E-state index contributed by atoms with van der Waals surface area (Å²) >= 11 is 14.0. The largest absolute Gasteiger partial charge is 0.481 e. The zero-order chi connectivity index (χ0) is 45.6. The quantitative estimate of drug-likeness (QED) is 0.0898. The van der Waals surface area contributed by atoms with E-state index in [0.29, 0.717) is 45.8 Å². The van der Waals surface area contributed by atoms with Crippen LogP contribution in [0.1, 0.15) is 124 Å². The van der Waals surface area contributed by atoms with Crippen LogP contribution in [-0.4, -0.2) is 71.1 Å². The third-order valence-corrected chi connectivity index (χ3v) is 15.9. The maximum absolute atomic E-state index is 13.9. The number of aromatic nitrogens is 4. The molecule has 0 radical (unpaired) electrons. The molecule has 15 heteroatoms. The minimum absolute atomic E-state index is 0.197. The molecule has 3 heterocycles. The minimum atomic E-state index is -0.944. The van der Waals surface area contributed by atoms with Gasteiger partial charge in [0.25, 0.3) is 11.8 Å². The maximum atomic E-state index is 13.9. The summed E-state index contributed by atoms with van der Waals surface area (Å²) in [7, 11) is 3.75. The first-order valence-electron chi connectivity index (χ1n) is 22.8. The predicted octanol–water partition coefficient (Wildman–Crippen LogP) is 9.63. The molecule has 2 amide bonds. The third kappa shape index (κ3) is 8.82. The van der Waals surface area contributed by atoms with Crippen molar-refractivity contribution in [3.05, 3.63) is 116 Å². The fraction of sp³-hybridized carbons (Fsp3) is 0.440. The number of carboxylic acids is 2. The van der Waals surface area contributed by atoms with Crippen LogP contribution in [0.15, 0.2) is 60.7 Å². The van der Waals surface area contributed by atoms with Gasteiger partial charge in [0.1, 0.15) is 0 Å². The van der Waals surface area contributed by atoms with E-state index in [9.17, 15) is 29.4 Å². The average molecular weight is 921 g/mol. The second kappa shape index (κ2) is 18.1. The number of carbonyl (C=O) groups is 4. The number of aliphatic carboxylic acids is 1. The smallest absolute Gasteiger partial charge is 0.335 e. The van der Waals surface area contributed by atoms with Gasteiger partial charge in [-0.1, -0.05) is 66.0 Å². The number of rotatable bonds is 13. The summed E-state index contributed by atoms with van der Waals surface area (Å²) in [4.78, 5) is 62.8. The number of fused-ring (bicyclic) bond motifs is 4. The molecule has 2 fully saturated rings. The van der Waals surface area contributed by atoms with Crippen LogP contribution in [0.25, 0.3) is 11.1 Å². The van der Waals surface area contributed by atoms with E-state index < -0.39 is 23.3 Å². The Morgan fingerprint density at radius 1 is 0.754 bits per heavy atom. The molecule has 3 aromatic carbocycles. The molecule has 1 atom stereocenters. The lowest BCUT2D eigenvalue weighted by atomic mass is 9.76. The molecule has 340 valence electrons. The Hall–Kier alpha value is -5.50. The van der Waals surface area contributed by atoms with E-state index in [1.807, 2.05) is 47.5 Å². The molecule has 1 unspecified atom stereocenters. The molecule has 4 aliphatic rings. The molecule has 13 nitrogen and oxygen atoms in total. The number of halogens is 2. The number of nitrogens with zero attached hydrogens (tertiary/aromatic N) is 5. The first-order chi connectivity index (χ1) is 31.2. The second-order valence-corrected chi connectivity index (χ2v) is 19.7.